The first-order valence-corrected chi connectivity index (χ1v) is 9.52. The van der Waals surface area contributed by atoms with Crippen molar-refractivity contribution >= 4 is 11.9 Å². The number of aryl methyl sites for hydroxylation is 1. The second-order valence-corrected chi connectivity index (χ2v) is 8.28. The van der Waals surface area contributed by atoms with Crippen molar-refractivity contribution in [2.75, 3.05) is 6.54 Å². The second-order valence-electron chi connectivity index (χ2n) is 8.28. The summed E-state index contributed by atoms with van der Waals surface area (Å²) in [5.41, 5.74) is 1.65. The Morgan fingerprint density at radius 2 is 1.89 bits per heavy atom. The van der Waals surface area contributed by atoms with E-state index in [-0.39, 0.29) is 17.5 Å². The average molecular weight is 382 g/mol. The zero-order chi connectivity index (χ0) is 20.5. The highest BCUT2D eigenvalue weighted by Gasteiger charge is 2.35. The molecule has 3 heterocycles. The smallest absolute Gasteiger partial charge is 0.337 e. The van der Waals surface area contributed by atoms with E-state index in [1.165, 1.54) is 6.20 Å². The minimum Gasteiger partial charge on any atom is -0.478 e. The Bertz CT molecular complexity index is 905. The number of nitrogens with zero attached hydrogens (tertiary/aromatic N) is 4. The first kappa shape index (κ1) is 19.9. The minimum absolute atomic E-state index is 0.0957. The molecule has 3 rings (SSSR count). The van der Waals surface area contributed by atoms with Gasteiger partial charge in [0.2, 0.25) is 5.91 Å². The van der Waals surface area contributed by atoms with Gasteiger partial charge in [-0.3, -0.25) is 9.78 Å². The van der Waals surface area contributed by atoms with Crippen molar-refractivity contribution in [3.05, 3.63) is 41.6 Å². The fourth-order valence-corrected chi connectivity index (χ4v) is 3.46. The third-order valence-electron chi connectivity index (χ3n) is 4.86. The quantitative estimate of drug-likeness (QED) is 0.870. The lowest BCUT2D eigenvalue weighted by Crippen LogP contribution is -2.44. The lowest BCUT2D eigenvalue weighted by atomic mass is 9.91. The van der Waals surface area contributed by atoms with Crippen LogP contribution < -0.4 is 0 Å². The molecule has 28 heavy (non-hydrogen) atoms. The van der Waals surface area contributed by atoms with Crippen LogP contribution in [0.4, 0.5) is 0 Å². The van der Waals surface area contributed by atoms with E-state index in [1.54, 1.807) is 12.3 Å². The normalized spacial score (nSPS) is 17.4. The summed E-state index contributed by atoms with van der Waals surface area (Å²) in [6.45, 7) is 8.34. The lowest BCUT2D eigenvalue weighted by molar-refractivity contribution is -0.143. The third kappa shape index (κ3) is 4.18. The summed E-state index contributed by atoms with van der Waals surface area (Å²) in [7, 11) is 0. The van der Waals surface area contributed by atoms with Crippen LogP contribution in [0.2, 0.25) is 0 Å². The number of likely N-dealkylation sites (tertiary alicyclic amines) is 1. The SMILES string of the molecule is Cc1cc(-c2cncc(C(=O)O)c2)nc(C2CCCCN2C(=O)C(C)(C)C)n1. The summed E-state index contributed by atoms with van der Waals surface area (Å²) in [6.07, 6.45) is 5.71. The molecule has 1 atom stereocenters. The highest BCUT2D eigenvalue weighted by Crippen LogP contribution is 2.33. The van der Waals surface area contributed by atoms with Crippen LogP contribution in [0.1, 0.15) is 68.0 Å². The van der Waals surface area contributed by atoms with Gasteiger partial charge < -0.3 is 10.0 Å². The molecule has 0 radical (unpaired) electrons. The number of carboxylic acid groups (broad SMARTS) is 1. The van der Waals surface area contributed by atoms with Crippen LogP contribution in [0.5, 0.6) is 0 Å². The van der Waals surface area contributed by atoms with Crippen LogP contribution in [-0.4, -0.2) is 43.4 Å². The molecule has 0 aliphatic carbocycles. The molecular formula is C21H26N4O3. The molecule has 0 bridgehead atoms. The third-order valence-corrected chi connectivity index (χ3v) is 4.86. The van der Waals surface area contributed by atoms with Crippen LogP contribution in [0.3, 0.4) is 0 Å². The molecule has 2 aromatic heterocycles. The number of carbonyl (C=O) groups is 2. The fraction of sp³-hybridized carbons (Fsp3) is 0.476. The first-order valence-electron chi connectivity index (χ1n) is 9.52. The van der Waals surface area contributed by atoms with Gasteiger partial charge in [-0.15, -0.1) is 0 Å². The number of piperidine rings is 1. The molecule has 2 aromatic rings. The Kier molecular flexibility index (Phi) is 5.45. The number of pyridine rings is 1. The Morgan fingerprint density at radius 1 is 1.14 bits per heavy atom. The summed E-state index contributed by atoms with van der Waals surface area (Å²) >= 11 is 0. The summed E-state index contributed by atoms with van der Waals surface area (Å²) in [4.78, 5) is 39.5. The van der Waals surface area contributed by atoms with E-state index in [2.05, 4.69) is 9.97 Å². The molecule has 1 fully saturated rings. The van der Waals surface area contributed by atoms with Crippen molar-refractivity contribution in [2.45, 2.75) is 53.0 Å². The van der Waals surface area contributed by atoms with Gasteiger partial charge in [0, 0.05) is 35.6 Å². The van der Waals surface area contributed by atoms with Gasteiger partial charge in [0.1, 0.15) is 0 Å². The number of carboxylic acids is 1. The van der Waals surface area contributed by atoms with Gasteiger partial charge in [-0.25, -0.2) is 14.8 Å². The molecule has 7 nitrogen and oxygen atoms in total. The predicted octanol–water partition coefficient (Wildman–Crippen LogP) is 3.64. The fourth-order valence-electron chi connectivity index (χ4n) is 3.46. The summed E-state index contributed by atoms with van der Waals surface area (Å²) in [6, 6.07) is 3.19. The maximum atomic E-state index is 13.0. The minimum atomic E-state index is -1.03. The standard InChI is InChI=1S/C21H26N4O3/c1-13-9-16(14-10-15(19(26)27)12-22-11-14)24-18(23-13)17-7-5-6-8-25(17)20(28)21(2,3)4/h9-12,17H,5-8H2,1-4H3,(H,26,27). The number of hydrogen-bond acceptors (Lipinski definition) is 5. The maximum absolute atomic E-state index is 13.0. The average Bonchev–Trinajstić information content (AvgIpc) is 2.66. The Morgan fingerprint density at radius 3 is 2.57 bits per heavy atom. The van der Waals surface area contributed by atoms with E-state index in [4.69, 9.17) is 4.98 Å². The highest BCUT2D eigenvalue weighted by atomic mass is 16.4. The molecule has 7 heteroatoms. The number of amides is 1. The maximum Gasteiger partial charge on any atom is 0.337 e. The van der Waals surface area contributed by atoms with Gasteiger partial charge >= 0.3 is 5.97 Å². The van der Waals surface area contributed by atoms with Crippen molar-refractivity contribution in [1.29, 1.82) is 0 Å². The molecule has 148 valence electrons. The Hall–Kier alpha value is -2.83. The van der Waals surface area contributed by atoms with Crippen molar-refractivity contribution < 1.29 is 14.7 Å². The van der Waals surface area contributed by atoms with E-state index < -0.39 is 11.4 Å². The number of rotatable bonds is 3. The van der Waals surface area contributed by atoms with Crippen LogP contribution in [0, 0.1) is 12.3 Å². The van der Waals surface area contributed by atoms with Crippen LogP contribution in [-0.2, 0) is 4.79 Å². The van der Waals surface area contributed by atoms with E-state index in [0.29, 0.717) is 23.6 Å². The zero-order valence-corrected chi connectivity index (χ0v) is 16.8. The summed E-state index contributed by atoms with van der Waals surface area (Å²) in [5, 5.41) is 9.22. The second kappa shape index (κ2) is 7.66. The molecule has 1 unspecified atom stereocenters. The van der Waals surface area contributed by atoms with Crippen molar-refractivity contribution in [3.63, 3.8) is 0 Å². The van der Waals surface area contributed by atoms with Gasteiger partial charge in [0.05, 0.1) is 17.3 Å². The lowest BCUT2D eigenvalue weighted by Gasteiger charge is -2.38. The molecule has 0 spiro atoms. The number of hydrogen-bond donors (Lipinski definition) is 1. The van der Waals surface area contributed by atoms with Gasteiger partial charge in [0.25, 0.3) is 0 Å². The van der Waals surface area contributed by atoms with E-state index >= 15 is 0 Å². The van der Waals surface area contributed by atoms with Crippen LogP contribution in [0.15, 0.2) is 24.5 Å². The molecule has 1 amide bonds. The summed E-state index contributed by atoms with van der Waals surface area (Å²) in [5.74, 6) is -0.332. The number of aromatic carboxylic acids is 1. The first-order chi connectivity index (χ1) is 13.2. The number of carbonyl (C=O) groups excluding carboxylic acids is 1. The largest absolute Gasteiger partial charge is 0.478 e. The summed E-state index contributed by atoms with van der Waals surface area (Å²) < 4.78 is 0. The van der Waals surface area contributed by atoms with Gasteiger partial charge in [-0.05, 0) is 38.3 Å². The van der Waals surface area contributed by atoms with Gasteiger partial charge in [0.15, 0.2) is 5.82 Å². The van der Waals surface area contributed by atoms with Crippen LogP contribution >= 0.6 is 0 Å². The molecule has 1 aliphatic heterocycles. The van der Waals surface area contributed by atoms with Gasteiger partial charge in [-0.2, -0.15) is 0 Å². The monoisotopic (exact) mass is 382 g/mol. The van der Waals surface area contributed by atoms with Gasteiger partial charge in [-0.1, -0.05) is 20.8 Å². The van der Waals surface area contributed by atoms with E-state index in [1.807, 2.05) is 38.7 Å². The van der Waals surface area contributed by atoms with Crippen molar-refractivity contribution in [1.82, 2.24) is 19.9 Å². The predicted molar refractivity (Wildman–Crippen MR) is 105 cm³/mol. The van der Waals surface area contributed by atoms with Crippen molar-refractivity contribution in [2.24, 2.45) is 5.41 Å². The number of aromatic nitrogens is 3. The van der Waals surface area contributed by atoms with Crippen molar-refractivity contribution in [3.8, 4) is 11.3 Å². The zero-order valence-electron chi connectivity index (χ0n) is 16.8. The topological polar surface area (TPSA) is 96.3 Å². The van der Waals surface area contributed by atoms with E-state index in [9.17, 15) is 14.7 Å². The van der Waals surface area contributed by atoms with E-state index in [0.717, 1.165) is 25.0 Å². The molecule has 1 saturated heterocycles. The Labute approximate surface area is 164 Å². The molecular weight excluding hydrogens is 356 g/mol. The highest BCUT2D eigenvalue weighted by molar-refractivity contribution is 5.88. The van der Waals surface area contributed by atoms with Crippen LogP contribution in [0.25, 0.3) is 11.3 Å². The molecule has 1 N–H and O–H groups in total. The molecule has 1 aliphatic rings. The Balaban J connectivity index is 2.01. The molecule has 0 aromatic carbocycles. The molecule has 0 saturated carbocycles.